The third kappa shape index (κ3) is 2.87. The number of hydrogen-bond acceptors (Lipinski definition) is 4. The van der Waals surface area contributed by atoms with Gasteiger partial charge in [-0.05, 0) is 38.5 Å². The lowest BCUT2D eigenvalue weighted by Gasteiger charge is -2.01. The Bertz CT molecular complexity index is 619. The zero-order valence-corrected chi connectivity index (χ0v) is 12.6. The quantitative estimate of drug-likeness (QED) is 0.804. The number of nitrogens with zero attached hydrogens (tertiary/aromatic N) is 1. The number of carbonyl (C=O) groups excluding carboxylic acids is 1. The molecule has 1 aromatic heterocycles. The molecule has 0 aliphatic rings. The molecular formula is C14H14BrNO3. The van der Waals surface area contributed by atoms with Crippen LogP contribution in [0.5, 0.6) is 0 Å². The standard InChI is InChI=1S/C14H14BrNO3/c1-4-18-14(17)12-9(3)16-13(19-12)11-7-10(15)6-5-8(11)2/h5-7H,4H2,1-3H3. The Labute approximate surface area is 119 Å². The number of esters is 1. The lowest BCUT2D eigenvalue weighted by atomic mass is 10.1. The van der Waals surface area contributed by atoms with Crippen LogP contribution in [-0.2, 0) is 4.74 Å². The maximum absolute atomic E-state index is 11.7. The Hall–Kier alpha value is -1.62. The van der Waals surface area contributed by atoms with E-state index < -0.39 is 5.97 Å². The van der Waals surface area contributed by atoms with Crippen molar-refractivity contribution in [3.63, 3.8) is 0 Å². The summed E-state index contributed by atoms with van der Waals surface area (Å²) in [6.07, 6.45) is 0. The highest BCUT2D eigenvalue weighted by atomic mass is 79.9. The van der Waals surface area contributed by atoms with Crippen LogP contribution >= 0.6 is 15.9 Å². The molecule has 19 heavy (non-hydrogen) atoms. The predicted molar refractivity (Wildman–Crippen MR) is 75.1 cm³/mol. The van der Waals surface area contributed by atoms with Gasteiger partial charge in [0.1, 0.15) is 0 Å². The van der Waals surface area contributed by atoms with Gasteiger partial charge >= 0.3 is 5.97 Å². The molecule has 2 aromatic rings. The molecule has 0 saturated heterocycles. The maximum Gasteiger partial charge on any atom is 0.376 e. The molecule has 2 rings (SSSR count). The number of rotatable bonds is 3. The first-order valence-electron chi connectivity index (χ1n) is 5.94. The third-order valence-electron chi connectivity index (χ3n) is 2.69. The maximum atomic E-state index is 11.7. The van der Waals surface area contributed by atoms with Crippen LogP contribution in [0.2, 0.25) is 0 Å². The van der Waals surface area contributed by atoms with Crippen LogP contribution in [0.4, 0.5) is 0 Å². The number of carbonyl (C=O) groups is 1. The number of oxazole rings is 1. The molecule has 0 amide bonds. The number of aryl methyl sites for hydroxylation is 2. The molecule has 0 fully saturated rings. The van der Waals surface area contributed by atoms with Crippen molar-refractivity contribution in [2.45, 2.75) is 20.8 Å². The van der Waals surface area contributed by atoms with Gasteiger partial charge in [-0.3, -0.25) is 0 Å². The van der Waals surface area contributed by atoms with Gasteiger partial charge < -0.3 is 9.15 Å². The predicted octanol–water partition coefficient (Wildman–Crippen LogP) is 3.90. The average Bonchev–Trinajstić information content (AvgIpc) is 2.74. The minimum Gasteiger partial charge on any atom is -0.460 e. The smallest absolute Gasteiger partial charge is 0.376 e. The molecule has 0 radical (unpaired) electrons. The molecule has 0 spiro atoms. The van der Waals surface area contributed by atoms with Gasteiger partial charge in [-0.1, -0.05) is 22.0 Å². The number of ether oxygens (including phenoxy) is 1. The summed E-state index contributed by atoms with van der Waals surface area (Å²) in [6.45, 7) is 5.76. The first-order valence-corrected chi connectivity index (χ1v) is 6.73. The van der Waals surface area contributed by atoms with Gasteiger partial charge in [-0.15, -0.1) is 0 Å². The summed E-state index contributed by atoms with van der Waals surface area (Å²) in [5.74, 6) is 0.113. The fourth-order valence-electron chi connectivity index (χ4n) is 1.72. The highest BCUT2D eigenvalue weighted by Gasteiger charge is 2.20. The van der Waals surface area contributed by atoms with E-state index in [1.54, 1.807) is 13.8 Å². The molecule has 0 aliphatic carbocycles. The summed E-state index contributed by atoms with van der Waals surface area (Å²) in [4.78, 5) is 16.0. The monoisotopic (exact) mass is 323 g/mol. The molecule has 0 atom stereocenters. The molecule has 0 unspecified atom stereocenters. The number of hydrogen-bond donors (Lipinski definition) is 0. The summed E-state index contributed by atoms with van der Waals surface area (Å²) in [7, 11) is 0. The van der Waals surface area contributed by atoms with Crippen molar-refractivity contribution in [3.8, 4) is 11.5 Å². The van der Waals surface area contributed by atoms with E-state index in [2.05, 4.69) is 20.9 Å². The lowest BCUT2D eigenvalue weighted by molar-refractivity contribution is 0.0490. The van der Waals surface area contributed by atoms with Crippen molar-refractivity contribution in [3.05, 3.63) is 39.7 Å². The van der Waals surface area contributed by atoms with Gasteiger partial charge in [-0.2, -0.15) is 0 Å². The zero-order chi connectivity index (χ0) is 14.0. The largest absolute Gasteiger partial charge is 0.460 e. The van der Waals surface area contributed by atoms with Gasteiger partial charge in [0.05, 0.1) is 12.3 Å². The highest BCUT2D eigenvalue weighted by Crippen LogP contribution is 2.28. The Morgan fingerprint density at radius 3 is 2.84 bits per heavy atom. The molecule has 0 N–H and O–H groups in total. The van der Waals surface area contributed by atoms with E-state index in [4.69, 9.17) is 9.15 Å². The summed E-state index contributed by atoms with van der Waals surface area (Å²) in [5, 5.41) is 0. The van der Waals surface area contributed by atoms with Crippen molar-refractivity contribution in [1.82, 2.24) is 4.98 Å². The number of aromatic nitrogens is 1. The summed E-state index contributed by atoms with van der Waals surface area (Å²) in [6, 6.07) is 5.82. The minimum absolute atomic E-state index is 0.163. The van der Waals surface area contributed by atoms with Crippen LogP contribution < -0.4 is 0 Å². The van der Waals surface area contributed by atoms with Crippen molar-refractivity contribution in [1.29, 1.82) is 0 Å². The topological polar surface area (TPSA) is 52.3 Å². The second-order valence-corrected chi connectivity index (χ2v) is 5.03. The van der Waals surface area contributed by atoms with Crippen molar-refractivity contribution >= 4 is 21.9 Å². The fourth-order valence-corrected chi connectivity index (χ4v) is 2.08. The van der Waals surface area contributed by atoms with E-state index in [1.165, 1.54) is 0 Å². The van der Waals surface area contributed by atoms with Gasteiger partial charge in [-0.25, -0.2) is 9.78 Å². The van der Waals surface area contributed by atoms with Crippen LogP contribution in [0.1, 0.15) is 28.7 Å². The Morgan fingerprint density at radius 1 is 1.42 bits per heavy atom. The SMILES string of the molecule is CCOC(=O)c1oc(-c2cc(Br)ccc2C)nc1C. The van der Waals surface area contributed by atoms with Crippen molar-refractivity contribution < 1.29 is 13.9 Å². The Balaban J connectivity index is 2.44. The summed E-state index contributed by atoms with van der Waals surface area (Å²) < 4.78 is 11.4. The molecule has 100 valence electrons. The second-order valence-electron chi connectivity index (χ2n) is 4.11. The minimum atomic E-state index is -0.480. The van der Waals surface area contributed by atoms with Gasteiger partial charge in [0, 0.05) is 10.0 Å². The van der Waals surface area contributed by atoms with Crippen LogP contribution in [-0.4, -0.2) is 17.6 Å². The molecule has 0 bridgehead atoms. The van der Waals surface area contributed by atoms with Gasteiger partial charge in [0.2, 0.25) is 11.7 Å². The normalized spacial score (nSPS) is 10.5. The first kappa shape index (κ1) is 13.8. The molecule has 0 aliphatic heterocycles. The van der Waals surface area contributed by atoms with Crippen LogP contribution in [0.15, 0.2) is 27.1 Å². The van der Waals surface area contributed by atoms with E-state index in [1.807, 2.05) is 25.1 Å². The number of halogens is 1. The third-order valence-corrected chi connectivity index (χ3v) is 3.18. The molecule has 1 aromatic carbocycles. The lowest BCUT2D eigenvalue weighted by Crippen LogP contribution is -2.04. The fraction of sp³-hybridized carbons (Fsp3) is 0.286. The zero-order valence-electron chi connectivity index (χ0n) is 11.0. The summed E-state index contributed by atoms with van der Waals surface area (Å²) >= 11 is 3.41. The summed E-state index contributed by atoms with van der Waals surface area (Å²) in [5.41, 5.74) is 2.42. The van der Waals surface area contributed by atoms with E-state index in [0.29, 0.717) is 18.2 Å². The molecular weight excluding hydrogens is 310 g/mol. The first-order chi connectivity index (χ1) is 9.02. The van der Waals surface area contributed by atoms with E-state index in [-0.39, 0.29) is 5.76 Å². The second kappa shape index (κ2) is 5.57. The van der Waals surface area contributed by atoms with E-state index in [9.17, 15) is 4.79 Å². The van der Waals surface area contributed by atoms with Crippen LogP contribution in [0, 0.1) is 13.8 Å². The van der Waals surface area contributed by atoms with Gasteiger partial charge in [0.15, 0.2) is 0 Å². The number of benzene rings is 1. The van der Waals surface area contributed by atoms with Crippen LogP contribution in [0.25, 0.3) is 11.5 Å². The molecule has 5 heteroatoms. The van der Waals surface area contributed by atoms with E-state index in [0.717, 1.165) is 15.6 Å². The van der Waals surface area contributed by atoms with Gasteiger partial charge in [0.25, 0.3) is 0 Å². The molecule has 1 heterocycles. The Morgan fingerprint density at radius 2 is 2.16 bits per heavy atom. The highest BCUT2D eigenvalue weighted by molar-refractivity contribution is 9.10. The molecule has 4 nitrogen and oxygen atoms in total. The average molecular weight is 324 g/mol. The van der Waals surface area contributed by atoms with Crippen molar-refractivity contribution in [2.24, 2.45) is 0 Å². The van der Waals surface area contributed by atoms with E-state index >= 15 is 0 Å². The van der Waals surface area contributed by atoms with Crippen LogP contribution in [0.3, 0.4) is 0 Å². The van der Waals surface area contributed by atoms with Crippen molar-refractivity contribution in [2.75, 3.05) is 6.61 Å². The molecule has 0 saturated carbocycles. The Kier molecular flexibility index (Phi) is 4.04.